The van der Waals surface area contributed by atoms with Gasteiger partial charge in [0.25, 0.3) is 0 Å². The lowest BCUT2D eigenvalue weighted by atomic mass is 10.2. The van der Waals surface area contributed by atoms with Crippen LogP contribution < -0.4 is 14.8 Å². The molecule has 1 N–H and O–H groups in total. The van der Waals surface area contributed by atoms with Crippen molar-refractivity contribution in [2.24, 2.45) is 0 Å². The second-order valence-corrected chi connectivity index (χ2v) is 7.85. The van der Waals surface area contributed by atoms with Crippen LogP contribution in [0.25, 0.3) is 5.69 Å². The molecule has 0 aliphatic heterocycles. The van der Waals surface area contributed by atoms with E-state index in [9.17, 15) is 4.79 Å². The van der Waals surface area contributed by atoms with E-state index in [0.29, 0.717) is 30.5 Å². The van der Waals surface area contributed by atoms with Crippen molar-refractivity contribution in [3.05, 3.63) is 65.9 Å². The number of aryl methyl sites for hydroxylation is 1. The summed E-state index contributed by atoms with van der Waals surface area (Å²) in [7, 11) is 1.62. The van der Waals surface area contributed by atoms with Crippen LogP contribution in [-0.2, 0) is 6.54 Å². The molecule has 0 aliphatic rings. The molecule has 7 heteroatoms. The number of benzene rings is 2. The fraction of sp³-hybridized carbons (Fsp3) is 0.360. The molecule has 0 unspecified atom stereocenters. The molecule has 1 heterocycles. The Morgan fingerprint density at radius 2 is 1.84 bits per heavy atom. The lowest BCUT2D eigenvalue weighted by molar-refractivity contribution is 0.179. The molecule has 0 aliphatic carbocycles. The maximum Gasteiger partial charge on any atom is 0.317 e. The van der Waals surface area contributed by atoms with Gasteiger partial charge in [0.1, 0.15) is 11.5 Å². The Hall–Kier alpha value is -3.48. The monoisotopic (exact) mass is 436 g/mol. The zero-order valence-corrected chi connectivity index (χ0v) is 19.5. The normalized spacial score (nSPS) is 10.8. The molecule has 2 aromatic carbocycles. The lowest BCUT2D eigenvalue weighted by Gasteiger charge is -2.27. The molecule has 7 nitrogen and oxygen atoms in total. The molecular weight excluding hydrogens is 404 g/mol. The number of rotatable bonds is 9. The van der Waals surface area contributed by atoms with Crippen LogP contribution in [0.2, 0.25) is 0 Å². The van der Waals surface area contributed by atoms with Gasteiger partial charge in [0, 0.05) is 18.7 Å². The van der Waals surface area contributed by atoms with Crippen molar-refractivity contribution in [2.75, 3.05) is 13.7 Å². The molecule has 2 amide bonds. The van der Waals surface area contributed by atoms with Crippen molar-refractivity contribution in [3.63, 3.8) is 0 Å². The first-order valence-electron chi connectivity index (χ1n) is 10.9. The molecule has 1 aromatic heterocycles. The molecule has 0 radical (unpaired) electrons. The van der Waals surface area contributed by atoms with Crippen molar-refractivity contribution in [1.82, 2.24) is 20.0 Å². The van der Waals surface area contributed by atoms with Crippen molar-refractivity contribution in [1.29, 1.82) is 0 Å². The van der Waals surface area contributed by atoms with E-state index in [0.717, 1.165) is 23.4 Å². The molecule has 3 rings (SSSR count). The quantitative estimate of drug-likeness (QED) is 0.493. The Morgan fingerprint density at radius 1 is 1.12 bits per heavy atom. The average molecular weight is 437 g/mol. The van der Waals surface area contributed by atoms with Crippen LogP contribution in [0.3, 0.4) is 0 Å². The number of carbonyl (C=O) groups is 1. The first kappa shape index (κ1) is 23.2. The number of aromatic nitrogens is 2. The van der Waals surface area contributed by atoms with Crippen molar-refractivity contribution >= 4 is 6.03 Å². The highest BCUT2D eigenvalue weighted by atomic mass is 16.5. The summed E-state index contributed by atoms with van der Waals surface area (Å²) >= 11 is 0. The van der Waals surface area contributed by atoms with Crippen molar-refractivity contribution in [2.45, 2.75) is 46.7 Å². The number of ether oxygens (including phenoxy) is 2. The molecule has 0 spiro atoms. The fourth-order valence-corrected chi connectivity index (χ4v) is 3.34. The Labute approximate surface area is 190 Å². The number of para-hydroxylation sites is 1. The second kappa shape index (κ2) is 10.7. The summed E-state index contributed by atoms with van der Waals surface area (Å²) in [6, 6.07) is 17.2. The van der Waals surface area contributed by atoms with Gasteiger partial charge < -0.3 is 19.7 Å². The van der Waals surface area contributed by atoms with Gasteiger partial charge in [0.2, 0.25) is 5.88 Å². The van der Waals surface area contributed by atoms with Crippen LogP contribution >= 0.6 is 0 Å². The van der Waals surface area contributed by atoms with E-state index < -0.39 is 0 Å². The van der Waals surface area contributed by atoms with Gasteiger partial charge in [0.05, 0.1) is 30.6 Å². The highest BCUT2D eigenvalue weighted by Crippen LogP contribution is 2.33. The summed E-state index contributed by atoms with van der Waals surface area (Å²) in [5, 5.41) is 7.73. The summed E-state index contributed by atoms with van der Waals surface area (Å²) in [4.78, 5) is 14.6. The molecular formula is C25H32N4O3. The maximum absolute atomic E-state index is 12.8. The van der Waals surface area contributed by atoms with Crippen LogP contribution in [0.1, 0.15) is 38.4 Å². The molecule has 0 atom stereocenters. The summed E-state index contributed by atoms with van der Waals surface area (Å²) in [6.07, 6.45) is 0.882. The van der Waals surface area contributed by atoms with E-state index in [4.69, 9.17) is 14.6 Å². The van der Waals surface area contributed by atoms with Gasteiger partial charge in [-0.05, 0) is 51.5 Å². The van der Waals surface area contributed by atoms with E-state index in [2.05, 4.69) is 5.32 Å². The summed E-state index contributed by atoms with van der Waals surface area (Å²) in [5.74, 6) is 1.92. The SMILES string of the molecule is CCCNC(=O)N(Cc1c(C)nn(-c2ccccc2)c1Oc1cccc(OC)c1)C(C)C. The standard InChI is InChI=1S/C25H32N4O3/c1-6-15-26-25(30)28(18(2)3)17-23-19(4)27-29(20-11-8-7-9-12-20)24(23)32-22-14-10-13-21(16-22)31-5/h7-14,16,18H,6,15,17H2,1-5H3,(H,26,30). The summed E-state index contributed by atoms with van der Waals surface area (Å²) in [6.45, 7) is 9.00. The van der Waals surface area contributed by atoms with Gasteiger partial charge in [-0.1, -0.05) is 31.2 Å². The van der Waals surface area contributed by atoms with Crippen LogP contribution in [-0.4, -0.2) is 40.4 Å². The molecule has 32 heavy (non-hydrogen) atoms. The molecule has 3 aromatic rings. The maximum atomic E-state index is 12.8. The van der Waals surface area contributed by atoms with E-state index in [-0.39, 0.29) is 12.1 Å². The first-order chi connectivity index (χ1) is 15.4. The third-order valence-electron chi connectivity index (χ3n) is 5.13. The zero-order valence-electron chi connectivity index (χ0n) is 19.5. The minimum absolute atomic E-state index is 0.0102. The highest BCUT2D eigenvalue weighted by Gasteiger charge is 2.25. The number of methoxy groups -OCH3 is 1. The summed E-state index contributed by atoms with van der Waals surface area (Å²) in [5.41, 5.74) is 2.55. The average Bonchev–Trinajstić information content (AvgIpc) is 3.11. The molecule has 0 saturated carbocycles. The number of hydrogen-bond acceptors (Lipinski definition) is 4. The van der Waals surface area contributed by atoms with Gasteiger partial charge in [-0.3, -0.25) is 0 Å². The zero-order chi connectivity index (χ0) is 23.1. The Balaban J connectivity index is 2.04. The minimum Gasteiger partial charge on any atom is -0.497 e. The largest absolute Gasteiger partial charge is 0.497 e. The van der Waals surface area contributed by atoms with Crippen LogP contribution in [0.15, 0.2) is 54.6 Å². The van der Waals surface area contributed by atoms with Crippen LogP contribution in [0, 0.1) is 6.92 Å². The van der Waals surface area contributed by atoms with Crippen molar-refractivity contribution < 1.29 is 14.3 Å². The van der Waals surface area contributed by atoms with Gasteiger partial charge in [-0.25, -0.2) is 9.48 Å². The second-order valence-electron chi connectivity index (χ2n) is 7.85. The highest BCUT2D eigenvalue weighted by molar-refractivity contribution is 5.74. The number of urea groups is 1. The van der Waals surface area contributed by atoms with Crippen LogP contribution in [0.4, 0.5) is 4.79 Å². The number of hydrogen-bond donors (Lipinski definition) is 1. The third kappa shape index (κ3) is 5.41. The number of amides is 2. The van der Waals surface area contributed by atoms with E-state index in [1.54, 1.807) is 16.7 Å². The topological polar surface area (TPSA) is 68.6 Å². The lowest BCUT2D eigenvalue weighted by Crippen LogP contribution is -2.43. The van der Waals surface area contributed by atoms with Gasteiger partial charge in [-0.15, -0.1) is 0 Å². The third-order valence-corrected chi connectivity index (χ3v) is 5.13. The first-order valence-corrected chi connectivity index (χ1v) is 10.9. The summed E-state index contributed by atoms with van der Waals surface area (Å²) < 4.78 is 13.5. The van der Waals surface area contributed by atoms with Gasteiger partial charge >= 0.3 is 6.03 Å². The van der Waals surface area contributed by atoms with E-state index >= 15 is 0 Å². The number of nitrogens with zero attached hydrogens (tertiary/aromatic N) is 3. The number of nitrogens with one attached hydrogen (secondary N) is 1. The Morgan fingerprint density at radius 3 is 2.50 bits per heavy atom. The predicted octanol–water partition coefficient (Wildman–Crippen LogP) is 5.31. The molecule has 0 fully saturated rings. The van der Waals surface area contributed by atoms with Gasteiger partial charge in [-0.2, -0.15) is 5.10 Å². The van der Waals surface area contributed by atoms with Crippen molar-refractivity contribution in [3.8, 4) is 23.1 Å². The van der Waals surface area contributed by atoms with Gasteiger partial charge in [0.15, 0.2) is 0 Å². The molecule has 0 saturated heterocycles. The predicted molar refractivity (Wildman–Crippen MR) is 126 cm³/mol. The molecule has 0 bridgehead atoms. The fourth-order valence-electron chi connectivity index (χ4n) is 3.34. The number of carbonyl (C=O) groups excluding carboxylic acids is 1. The Bertz CT molecular complexity index is 1030. The minimum atomic E-state index is -0.0963. The van der Waals surface area contributed by atoms with Crippen LogP contribution in [0.5, 0.6) is 17.4 Å². The Kier molecular flexibility index (Phi) is 7.76. The smallest absolute Gasteiger partial charge is 0.317 e. The van der Waals surface area contributed by atoms with E-state index in [1.165, 1.54) is 0 Å². The molecule has 170 valence electrons. The van der Waals surface area contributed by atoms with E-state index in [1.807, 2.05) is 82.3 Å².